The van der Waals surface area contributed by atoms with E-state index in [0.29, 0.717) is 23.2 Å². The average molecular weight is 1450 g/mol. The number of carbonyl (C=O) groups is 5. The fourth-order valence-corrected chi connectivity index (χ4v) is 16.1. The van der Waals surface area contributed by atoms with Crippen molar-refractivity contribution in [3.63, 3.8) is 0 Å². The van der Waals surface area contributed by atoms with E-state index in [1.165, 1.54) is 70.6 Å². The molecule has 616 valence electrons. The van der Waals surface area contributed by atoms with E-state index in [0.717, 1.165) is 99.2 Å². The zero-order valence-electron chi connectivity index (χ0n) is 66.5. The molecule has 0 aromatic rings. The van der Waals surface area contributed by atoms with E-state index in [1.54, 1.807) is 0 Å². The largest absolute Gasteiger partial charge is 0.460 e. The lowest BCUT2D eigenvalue weighted by molar-refractivity contribution is -0.184. The second kappa shape index (κ2) is 46.5. The maximum Gasteiger partial charge on any atom is 0.312 e. The number of hydrogen-bond donors (Lipinski definition) is 0. The summed E-state index contributed by atoms with van der Waals surface area (Å²) >= 11 is 0. The lowest BCUT2D eigenvalue weighted by Gasteiger charge is -2.47. The van der Waals surface area contributed by atoms with Gasteiger partial charge in [0.15, 0.2) is 0 Å². The highest BCUT2D eigenvalue weighted by Crippen LogP contribution is 2.74. The van der Waals surface area contributed by atoms with Crippen molar-refractivity contribution in [2.75, 3.05) is 0 Å². The summed E-state index contributed by atoms with van der Waals surface area (Å²) in [7, 11) is 0. The van der Waals surface area contributed by atoms with Crippen molar-refractivity contribution in [3.8, 4) is 0 Å². The molecule has 12 atom stereocenters. The molecule has 6 bridgehead atoms. The second-order valence-electron chi connectivity index (χ2n) is 35.3. The molecule has 8 aliphatic carbocycles. The molecule has 0 aliphatic heterocycles. The molecular weight excluding hydrogens is 1250 g/mol. The Morgan fingerprint density at radius 2 is 0.752 bits per heavy atom. The van der Waals surface area contributed by atoms with Crippen LogP contribution in [0.2, 0.25) is 0 Å². The van der Waals surface area contributed by atoms with Gasteiger partial charge in [-0.15, -0.1) is 0 Å². The Morgan fingerprint density at radius 1 is 0.396 bits per heavy atom. The van der Waals surface area contributed by atoms with Gasteiger partial charge < -0.3 is 23.7 Å². The van der Waals surface area contributed by atoms with Crippen LogP contribution in [0.25, 0.3) is 0 Å². The maximum atomic E-state index is 12.7. The van der Waals surface area contributed by atoms with Crippen molar-refractivity contribution in [3.05, 3.63) is 0 Å². The van der Waals surface area contributed by atoms with Crippen LogP contribution in [0.4, 0.5) is 0 Å². The van der Waals surface area contributed by atoms with E-state index < -0.39 is 0 Å². The molecule has 0 heterocycles. The smallest absolute Gasteiger partial charge is 0.312 e. The van der Waals surface area contributed by atoms with Gasteiger partial charge in [0.2, 0.25) is 0 Å². The maximum absolute atomic E-state index is 12.7. The number of carbonyl (C=O) groups excluding carboxylic acids is 5. The van der Waals surface area contributed by atoms with Crippen molar-refractivity contribution in [2.45, 2.75) is 466 Å². The SMILES string of the molecule is C.C.C.C.C.C.C.C.C.C.CC.CC.CC.CCC(C)(C)C(=O)OC(C)(C)C.CCC(C)(C)C(=O)OC(C)(C)C(C)C.CCC(C)(C)C(=O)OC1(C)CC2CC1C1C3CCC(C3)C21.CCC(C)(C)C(=O)OC1(C)CCC23CC1C(C)(C)C2CCC3C.CCC(C)(C)C(=O)OC1(C)CCCCC1. The van der Waals surface area contributed by atoms with Crippen molar-refractivity contribution in [2.24, 2.45) is 97.1 Å². The molecule has 8 rings (SSSR count). The van der Waals surface area contributed by atoms with Crippen LogP contribution in [-0.2, 0) is 47.7 Å². The standard InChI is InChI=1S/C21H36O2.C19H30O2.C13H24O2.C12H24O2.C10H20O2.3C2H6.10CH4/c1-8-18(3,4)17(22)23-20(7)11-12-21-13-16(20)19(5,6)15(21)10-9-14(21)2;1-5-18(2,3)17(20)21-19(4)10-13-9-14(19)16-12-7-6-11(8-12)15(13)16;1-5-12(2,3)11(14)15-13(4)9-7-6-8-10-13;1-8-11(4,5)10(13)14-12(6,7)9(2)3;1-7-10(5,6)8(11)12-9(2,3)4;3*1-2;;;;;;;;;;/h14-16H,8-13H2,1-7H3;11-16H,5-10H2,1-4H3;5-10H2,1-4H3;9H,8H2,1-7H3;7H2,1-6H3;3*1-2H3;10*1H4. The Balaban J connectivity index is -0.000000125. The first-order valence-electron chi connectivity index (χ1n) is 37.7. The summed E-state index contributed by atoms with van der Waals surface area (Å²) in [6.45, 7) is 69.4. The highest BCUT2D eigenvalue weighted by atomic mass is 16.6. The van der Waals surface area contributed by atoms with Gasteiger partial charge in [0.05, 0.1) is 27.1 Å². The van der Waals surface area contributed by atoms with Crippen molar-refractivity contribution < 1.29 is 47.7 Å². The van der Waals surface area contributed by atoms with Gasteiger partial charge >= 0.3 is 29.8 Å². The molecule has 0 amide bonds. The predicted molar refractivity (Wildman–Crippen MR) is 449 cm³/mol. The minimum atomic E-state index is -0.372. The van der Waals surface area contributed by atoms with Crippen LogP contribution < -0.4 is 0 Å². The van der Waals surface area contributed by atoms with Gasteiger partial charge in [0.1, 0.15) is 28.0 Å². The summed E-state index contributed by atoms with van der Waals surface area (Å²) in [4.78, 5) is 60.5. The third-order valence-electron chi connectivity index (χ3n) is 25.1. The van der Waals surface area contributed by atoms with E-state index in [4.69, 9.17) is 23.7 Å². The van der Waals surface area contributed by atoms with Crippen LogP contribution in [0.1, 0.15) is 438 Å². The molecule has 12 unspecified atom stereocenters. The molecule has 1 spiro atoms. The number of esters is 5. The molecule has 8 saturated carbocycles. The number of rotatable bonds is 15. The van der Waals surface area contributed by atoms with Crippen LogP contribution in [0.15, 0.2) is 0 Å². The Bertz CT molecular complexity index is 2270. The summed E-state index contributed by atoms with van der Waals surface area (Å²) in [6.07, 6.45) is 23.0. The Morgan fingerprint density at radius 3 is 1.13 bits per heavy atom. The first kappa shape index (κ1) is 119. The van der Waals surface area contributed by atoms with E-state index in [1.807, 2.05) is 166 Å². The lowest BCUT2D eigenvalue weighted by atomic mass is 9.64. The minimum absolute atomic E-state index is 0. The fourth-order valence-electron chi connectivity index (χ4n) is 16.1. The third-order valence-corrected chi connectivity index (χ3v) is 25.1. The number of fused-ring (bicyclic) bond motifs is 10. The summed E-state index contributed by atoms with van der Waals surface area (Å²) in [5.41, 5.74) is -2.33. The summed E-state index contributed by atoms with van der Waals surface area (Å²) in [5, 5.41) is 0. The summed E-state index contributed by atoms with van der Waals surface area (Å²) in [5.74, 6) is 7.60. The molecule has 101 heavy (non-hydrogen) atoms. The highest BCUT2D eigenvalue weighted by Gasteiger charge is 2.70. The third kappa shape index (κ3) is 29.1. The average Bonchev–Trinajstić information content (AvgIpc) is 1.54. The molecule has 0 N–H and O–H groups in total. The molecular formula is C91H192O10. The van der Waals surface area contributed by atoms with Gasteiger partial charge in [-0.05, 0) is 305 Å². The molecule has 0 radical (unpaired) electrons. The predicted octanol–water partition coefficient (Wildman–Crippen LogP) is 29.3. The lowest BCUT2D eigenvalue weighted by Crippen LogP contribution is -2.49. The van der Waals surface area contributed by atoms with E-state index >= 15 is 0 Å². The molecule has 8 aliphatic rings. The van der Waals surface area contributed by atoms with Gasteiger partial charge in [-0.25, -0.2) is 0 Å². The van der Waals surface area contributed by atoms with Crippen LogP contribution in [-0.4, -0.2) is 57.9 Å². The van der Waals surface area contributed by atoms with Crippen LogP contribution in [0, 0.1) is 97.1 Å². The monoisotopic (exact) mass is 1450 g/mol. The number of ether oxygens (including phenoxy) is 5. The zero-order chi connectivity index (χ0) is 71.3. The molecule has 0 aromatic carbocycles. The Hall–Kier alpha value is -2.65. The van der Waals surface area contributed by atoms with Crippen LogP contribution in [0.5, 0.6) is 0 Å². The molecule has 8 fully saturated rings. The highest BCUT2D eigenvalue weighted by molar-refractivity contribution is 5.78. The minimum Gasteiger partial charge on any atom is -0.460 e. The first-order valence-corrected chi connectivity index (χ1v) is 37.7. The Labute approximate surface area is 637 Å². The van der Waals surface area contributed by atoms with Gasteiger partial charge in [-0.1, -0.05) is 191 Å². The van der Waals surface area contributed by atoms with Crippen LogP contribution in [0.3, 0.4) is 0 Å². The zero-order valence-corrected chi connectivity index (χ0v) is 66.5. The normalized spacial score (nSPS) is 27.4. The van der Waals surface area contributed by atoms with E-state index in [-0.39, 0.29) is 165 Å². The van der Waals surface area contributed by atoms with Gasteiger partial charge in [0.25, 0.3) is 0 Å². The quantitative estimate of drug-likeness (QED) is 0.0887. The van der Waals surface area contributed by atoms with E-state index in [2.05, 4.69) is 69.2 Å². The van der Waals surface area contributed by atoms with Crippen molar-refractivity contribution >= 4 is 29.8 Å². The topological polar surface area (TPSA) is 132 Å². The molecule has 0 saturated heterocycles. The second-order valence-corrected chi connectivity index (χ2v) is 35.3. The van der Waals surface area contributed by atoms with Gasteiger partial charge in [0, 0.05) is 11.8 Å². The molecule has 10 heteroatoms. The first-order chi connectivity index (χ1) is 41.6. The van der Waals surface area contributed by atoms with Crippen LogP contribution >= 0.6 is 0 Å². The fraction of sp³-hybridized carbons (Fsp3) is 0.945. The summed E-state index contributed by atoms with van der Waals surface area (Å²) in [6, 6.07) is 0. The number of hydrogen-bond acceptors (Lipinski definition) is 10. The van der Waals surface area contributed by atoms with Gasteiger partial charge in [-0.3, -0.25) is 24.0 Å². The van der Waals surface area contributed by atoms with Crippen molar-refractivity contribution in [1.29, 1.82) is 0 Å². The van der Waals surface area contributed by atoms with E-state index in [9.17, 15) is 24.0 Å². The Kier molecular flexibility index (Phi) is 55.0. The van der Waals surface area contributed by atoms with Gasteiger partial charge in [-0.2, -0.15) is 0 Å². The summed E-state index contributed by atoms with van der Waals surface area (Å²) < 4.78 is 28.9. The molecule has 0 aromatic heterocycles. The molecule has 10 nitrogen and oxygen atoms in total. The van der Waals surface area contributed by atoms with Crippen molar-refractivity contribution in [1.82, 2.24) is 0 Å².